The molecule has 4 nitrogen and oxygen atoms in total. The van der Waals surface area contributed by atoms with E-state index in [0.717, 1.165) is 5.82 Å². The van der Waals surface area contributed by atoms with E-state index in [1.54, 1.807) is 60.9 Å². The number of aromatic nitrogens is 2. The molecule has 1 unspecified atom stereocenters. The number of aryl methyl sites for hydroxylation is 1. The van der Waals surface area contributed by atoms with Gasteiger partial charge in [0.25, 0.3) is 0 Å². The van der Waals surface area contributed by atoms with E-state index in [9.17, 15) is 9.90 Å². The molecule has 4 heteroatoms. The first-order valence-electron chi connectivity index (χ1n) is 6.96. The van der Waals surface area contributed by atoms with Crippen LogP contribution < -0.4 is 0 Å². The number of hydrogen-bond acceptors (Lipinski definition) is 3. The van der Waals surface area contributed by atoms with Crippen LogP contribution in [0.2, 0.25) is 0 Å². The first kappa shape index (κ1) is 15.7. The van der Waals surface area contributed by atoms with Gasteiger partial charge in [-0.05, 0) is 12.5 Å². The number of imidazole rings is 1. The van der Waals surface area contributed by atoms with Crippen molar-refractivity contribution in [3.05, 3.63) is 90.0 Å². The van der Waals surface area contributed by atoms with Crippen LogP contribution in [-0.2, 0) is 0 Å². The molecule has 0 aliphatic rings. The Balaban J connectivity index is 0.000000246. The smallest absolute Gasteiger partial charge is 0.195 e. The van der Waals surface area contributed by atoms with Gasteiger partial charge in [0, 0.05) is 18.0 Å². The number of hydrogen-bond donors (Lipinski definition) is 2. The van der Waals surface area contributed by atoms with E-state index in [2.05, 4.69) is 9.97 Å². The van der Waals surface area contributed by atoms with Gasteiger partial charge in [0.15, 0.2) is 5.78 Å². The van der Waals surface area contributed by atoms with E-state index >= 15 is 0 Å². The maximum absolute atomic E-state index is 11.9. The number of benzene rings is 2. The number of nitrogens with zero attached hydrogens (tertiary/aromatic N) is 1. The van der Waals surface area contributed by atoms with Crippen molar-refractivity contribution in [1.82, 2.24) is 9.97 Å². The van der Waals surface area contributed by atoms with Crippen molar-refractivity contribution >= 4 is 5.78 Å². The molecule has 1 atom stereocenters. The minimum atomic E-state index is -1.08. The molecule has 0 fully saturated rings. The number of nitrogens with one attached hydrogen (secondary N) is 1. The SMILES string of the molecule is Cc1ncc[nH]1.O=C(c1ccccc1)C(O)c1ccccc1. The van der Waals surface area contributed by atoms with Crippen LogP contribution in [0.4, 0.5) is 0 Å². The molecule has 0 aliphatic heterocycles. The Hall–Kier alpha value is -2.72. The zero-order chi connectivity index (χ0) is 15.8. The molecule has 0 amide bonds. The molecule has 112 valence electrons. The second-order valence-corrected chi connectivity index (χ2v) is 4.72. The third-order valence-corrected chi connectivity index (χ3v) is 3.06. The second-order valence-electron chi connectivity index (χ2n) is 4.72. The lowest BCUT2D eigenvalue weighted by atomic mass is 10.0. The van der Waals surface area contributed by atoms with Gasteiger partial charge >= 0.3 is 0 Å². The Bertz CT molecular complexity index is 680. The summed E-state index contributed by atoms with van der Waals surface area (Å²) in [5.41, 5.74) is 1.15. The largest absolute Gasteiger partial charge is 0.380 e. The van der Waals surface area contributed by atoms with Gasteiger partial charge < -0.3 is 10.1 Å². The number of aliphatic hydroxyl groups is 1. The van der Waals surface area contributed by atoms with Crippen LogP contribution in [-0.4, -0.2) is 20.9 Å². The highest BCUT2D eigenvalue weighted by molar-refractivity contribution is 5.99. The maximum atomic E-state index is 11.9. The molecule has 0 saturated heterocycles. The molecule has 2 N–H and O–H groups in total. The van der Waals surface area contributed by atoms with Gasteiger partial charge in [-0.1, -0.05) is 60.7 Å². The van der Waals surface area contributed by atoms with Crippen LogP contribution in [0.1, 0.15) is 27.8 Å². The summed E-state index contributed by atoms with van der Waals surface area (Å²) in [5.74, 6) is 0.696. The third-order valence-electron chi connectivity index (χ3n) is 3.06. The number of Topliss-reactive ketones (excluding diaryl/α,β-unsaturated/α-hetero) is 1. The maximum Gasteiger partial charge on any atom is 0.195 e. The molecule has 2 aromatic carbocycles. The van der Waals surface area contributed by atoms with E-state index < -0.39 is 6.10 Å². The lowest BCUT2D eigenvalue weighted by molar-refractivity contribution is 0.0747. The standard InChI is InChI=1S/C14H12O2.C4H6N2/c15-13(11-7-3-1-4-8-11)14(16)12-9-5-2-6-10-12;1-4-5-2-3-6-4/h1-10,13,15H;2-3H,1H3,(H,5,6). The lowest BCUT2D eigenvalue weighted by Gasteiger charge is -2.09. The summed E-state index contributed by atoms with van der Waals surface area (Å²) in [7, 11) is 0. The quantitative estimate of drug-likeness (QED) is 0.728. The fourth-order valence-corrected chi connectivity index (χ4v) is 1.89. The van der Waals surface area contributed by atoms with E-state index in [1.807, 2.05) is 19.1 Å². The third kappa shape index (κ3) is 4.40. The van der Waals surface area contributed by atoms with Crippen molar-refractivity contribution in [3.63, 3.8) is 0 Å². The first-order valence-corrected chi connectivity index (χ1v) is 6.96. The fraction of sp³-hybridized carbons (Fsp3) is 0.111. The molecule has 0 aliphatic carbocycles. The molecule has 1 heterocycles. The summed E-state index contributed by atoms with van der Waals surface area (Å²) in [6.45, 7) is 1.92. The Morgan fingerprint density at radius 1 is 1.05 bits per heavy atom. The summed E-state index contributed by atoms with van der Waals surface area (Å²) >= 11 is 0. The number of ketones is 1. The van der Waals surface area contributed by atoms with E-state index in [4.69, 9.17) is 0 Å². The summed E-state index contributed by atoms with van der Waals surface area (Å²) in [4.78, 5) is 18.6. The van der Waals surface area contributed by atoms with Gasteiger partial charge in [0.1, 0.15) is 11.9 Å². The summed E-state index contributed by atoms with van der Waals surface area (Å²) in [6.07, 6.45) is 2.45. The Morgan fingerprint density at radius 3 is 2.09 bits per heavy atom. The summed E-state index contributed by atoms with van der Waals surface area (Å²) in [5, 5.41) is 9.89. The monoisotopic (exact) mass is 294 g/mol. The average molecular weight is 294 g/mol. The second kappa shape index (κ2) is 7.90. The molecule has 0 radical (unpaired) electrons. The average Bonchev–Trinajstić information content (AvgIpc) is 3.07. The highest BCUT2D eigenvalue weighted by Crippen LogP contribution is 2.17. The fourth-order valence-electron chi connectivity index (χ4n) is 1.89. The van der Waals surface area contributed by atoms with Crippen LogP contribution >= 0.6 is 0 Å². The van der Waals surface area contributed by atoms with Gasteiger partial charge in [-0.2, -0.15) is 0 Å². The van der Waals surface area contributed by atoms with Crippen molar-refractivity contribution in [2.45, 2.75) is 13.0 Å². The van der Waals surface area contributed by atoms with E-state index in [0.29, 0.717) is 11.1 Å². The number of carbonyl (C=O) groups is 1. The highest BCUT2D eigenvalue weighted by atomic mass is 16.3. The molecule has 0 saturated carbocycles. The molecule has 3 rings (SSSR count). The van der Waals surface area contributed by atoms with E-state index in [1.165, 1.54) is 0 Å². The molecule has 1 aromatic heterocycles. The van der Waals surface area contributed by atoms with E-state index in [-0.39, 0.29) is 5.78 Å². The van der Waals surface area contributed by atoms with Crippen molar-refractivity contribution in [1.29, 1.82) is 0 Å². The minimum Gasteiger partial charge on any atom is -0.380 e. The molecule has 3 aromatic rings. The van der Waals surface area contributed by atoms with Gasteiger partial charge in [0.05, 0.1) is 0 Å². The predicted octanol–water partition coefficient (Wildman–Crippen LogP) is 3.32. The van der Waals surface area contributed by atoms with Crippen molar-refractivity contribution in [2.24, 2.45) is 0 Å². The number of H-pyrrole nitrogens is 1. The summed E-state index contributed by atoms with van der Waals surface area (Å²) < 4.78 is 0. The number of aliphatic hydroxyl groups excluding tert-OH is 1. The zero-order valence-electron chi connectivity index (χ0n) is 12.3. The highest BCUT2D eigenvalue weighted by Gasteiger charge is 2.18. The van der Waals surface area contributed by atoms with Gasteiger partial charge in [-0.25, -0.2) is 4.98 Å². The topological polar surface area (TPSA) is 66.0 Å². The number of aromatic amines is 1. The number of carbonyl (C=O) groups excluding carboxylic acids is 1. The van der Waals surface area contributed by atoms with Gasteiger partial charge in [-0.15, -0.1) is 0 Å². The van der Waals surface area contributed by atoms with Crippen molar-refractivity contribution in [2.75, 3.05) is 0 Å². The van der Waals surface area contributed by atoms with Gasteiger partial charge in [-0.3, -0.25) is 4.79 Å². The van der Waals surface area contributed by atoms with Crippen molar-refractivity contribution < 1.29 is 9.90 Å². The molecular formula is C18H18N2O2. The normalized spacial score (nSPS) is 11.2. The molecule has 22 heavy (non-hydrogen) atoms. The van der Waals surface area contributed by atoms with Crippen LogP contribution in [0.15, 0.2) is 73.1 Å². The number of rotatable bonds is 3. The zero-order valence-corrected chi connectivity index (χ0v) is 12.3. The van der Waals surface area contributed by atoms with Crippen LogP contribution in [0.5, 0.6) is 0 Å². The predicted molar refractivity (Wildman–Crippen MR) is 85.5 cm³/mol. The molecule has 0 spiro atoms. The van der Waals surface area contributed by atoms with Crippen LogP contribution in [0, 0.1) is 6.92 Å². The van der Waals surface area contributed by atoms with Gasteiger partial charge in [0.2, 0.25) is 0 Å². The van der Waals surface area contributed by atoms with Crippen molar-refractivity contribution in [3.8, 4) is 0 Å². The minimum absolute atomic E-state index is 0.271. The first-order chi connectivity index (χ1) is 10.7. The van der Waals surface area contributed by atoms with Crippen LogP contribution in [0.25, 0.3) is 0 Å². The lowest BCUT2D eigenvalue weighted by Crippen LogP contribution is -2.11. The Labute approximate surface area is 129 Å². The Morgan fingerprint density at radius 2 is 1.64 bits per heavy atom. The molecular weight excluding hydrogens is 276 g/mol. The van der Waals surface area contributed by atoms with Crippen LogP contribution in [0.3, 0.4) is 0 Å². The molecule has 0 bridgehead atoms. The Kier molecular flexibility index (Phi) is 5.63. The summed E-state index contributed by atoms with van der Waals surface area (Å²) in [6, 6.07) is 17.7.